The van der Waals surface area contributed by atoms with Crippen LogP contribution >= 0.6 is 0 Å². The maximum Gasteiger partial charge on any atom is 0.0507 e. The Morgan fingerprint density at radius 1 is 1.50 bits per heavy atom. The van der Waals surface area contributed by atoms with E-state index in [-0.39, 0.29) is 5.41 Å². The second-order valence-corrected chi connectivity index (χ2v) is 5.29. The third-order valence-corrected chi connectivity index (χ3v) is 2.84. The van der Waals surface area contributed by atoms with Crippen molar-refractivity contribution < 1.29 is 4.74 Å². The molecule has 3 heteroatoms. The van der Waals surface area contributed by atoms with E-state index in [0.29, 0.717) is 0 Å². The van der Waals surface area contributed by atoms with Gasteiger partial charge in [0.15, 0.2) is 0 Å². The zero-order chi connectivity index (χ0) is 10.6. The predicted octanol–water partition coefficient (Wildman–Crippen LogP) is 0.940. The molecule has 1 rings (SSSR count). The van der Waals surface area contributed by atoms with Crippen molar-refractivity contribution in [3.63, 3.8) is 0 Å². The maximum atomic E-state index is 5.71. The Kier molecular flexibility index (Phi) is 4.35. The molecule has 3 nitrogen and oxygen atoms in total. The molecule has 0 aromatic rings. The summed E-state index contributed by atoms with van der Waals surface area (Å²) in [5.41, 5.74) is 5.94. The predicted molar refractivity (Wildman–Crippen MR) is 59.3 cm³/mol. The van der Waals surface area contributed by atoms with Gasteiger partial charge in [-0.25, -0.2) is 0 Å². The van der Waals surface area contributed by atoms with Crippen LogP contribution in [0.3, 0.4) is 0 Å². The van der Waals surface area contributed by atoms with Crippen LogP contribution in [0, 0.1) is 11.3 Å². The first kappa shape index (κ1) is 12.0. The zero-order valence-corrected chi connectivity index (χ0v) is 9.75. The van der Waals surface area contributed by atoms with Gasteiger partial charge in [0.05, 0.1) is 6.61 Å². The van der Waals surface area contributed by atoms with E-state index in [2.05, 4.69) is 25.8 Å². The fourth-order valence-electron chi connectivity index (χ4n) is 2.03. The van der Waals surface area contributed by atoms with Crippen molar-refractivity contribution in [2.45, 2.75) is 20.3 Å². The first-order valence-corrected chi connectivity index (χ1v) is 5.50. The molecule has 1 fully saturated rings. The van der Waals surface area contributed by atoms with Gasteiger partial charge in [-0.1, -0.05) is 13.8 Å². The zero-order valence-electron chi connectivity index (χ0n) is 9.75. The molecule has 84 valence electrons. The molecule has 0 spiro atoms. The highest BCUT2D eigenvalue weighted by molar-refractivity contribution is 4.75. The Morgan fingerprint density at radius 2 is 2.21 bits per heavy atom. The molecule has 1 atom stereocenters. The Morgan fingerprint density at radius 3 is 2.71 bits per heavy atom. The van der Waals surface area contributed by atoms with E-state index in [0.717, 1.165) is 38.8 Å². The van der Waals surface area contributed by atoms with Crippen LogP contribution in [-0.2, 0) is 4.74 Å². The van der Waals surface area contributed by atoms with E-state index < -0.39 is 0 Å². The molecule has 0 bridgehead atoms. The molecule has 0 aromatic heterocycles. The van der Waals surface area contributed by atoms with Crippen LogP contribution in [0.5, 0.6) is 0 Å². The molecule has 0 saturated carbocycles. The summed E-state index contributed by atoms with van der Waals surface area (Å²) >= 11 is 0. The number of rotatable bonds is 5. The van der Waals surface area contributed by atoms with Gasteiger partial charge in [0.25, 0.3) is 0 Å². The maximum absolute atomic E-state index is 5.71. The monoisotopic (exact) mass is 200 g/mol. The Hall–Kier alpha value is -0.120. The van der Waals surface area contributed by atoms with Crippen molar-refractivity contribution in [2.75, 3.05) is 39.9 Å². The summed E-state index contributed by atoms with van der Waals surface area (Å²) in [6, 6.07) is 0. The van der Waals surface area contributed by atoms with E-state index in [1.807, 2.05) is 0 Å². The van der Waals surface area contributed by atoms with Crippen LogP contribution in [0.1, 0.15) is 20.3 Å². The van der Waals surface area contributed by atoms with Crippen molar-refractivity contribution in [1.29, 1.82) is 0 Å². The van der Waals surface area contributed by atoms with Crippen LogP contribution in [-0.4, -0.2) is 44.8 Å². The highest BCUT2D eigenvalue weighted by Crippen LogP contribution is 2.17. The van der Waals surface area contributed by atoms with E-state index in [9.17, 15) is 0 Å². The van der Waals surface area contributed by atoms with Gasteiger partial charge in [0, 0.05) is 19.7 Å². The summed E-state index contributed by atoms with van der Waals surface area (Å²) < 4.78 is 5.36. The number of ether oxygens (including phenoxy) is 1. The number of nitrogens with zero attached hydrogens (tertiary/aromatic N) is 1. The smallest absolute Gasteiger partial charge is 0.0507 e. The highest BCUT2D eigenvalue weighted by Gasteiger charge is 2.22. The van der Waals surface area contributed by atoms with Crippen LogP contribution in [0.4, 0.5) is 0 Å². The molecule has 2 N–H and O–H groups in total. The lowest BCUT2D eigenvalue weighted by molar-refractivity contribution is 0.158. The third kappa shape index (κ3) is 3.95. The SMILES string of the molecule is CN(CC1CCOC1)CC(C)(C)CN. The third-order valence-electron chi connectivity index (χ3n) is 2.84. The number of nitrogens with two attached hydrogens (primary N) is 1. The first-order valence-electron chi connectivity index (χ1n) is 5.50. The van der Waals surface area contributed by atoms with Gasteiger partial charge in [0.1, 0.15) is 0 Å². The van der Waals surface area contributed by atoms with Gasteiger partial charge < -0.3 is 15.4 Å². The molecule has 1 aliphatic heterocycles. The molecular formula is C11H24N2O. The summed E-state index contributed by atoms with van der Waals surface area (Å²) in [6.45, 7) is 9.28. The van der Waals surface area contributed by atoms with Gasteiger partial charge >= 0.3 is 0 Å². The van der Waals surface area contributed by atoms with Crippen LogP contribution in [0.2, 0.25) is 0 Å². The molecule has 1 saturated heterocycles. The molecule has 0 radical (unpaired) electrons. The Balaban J connectivity index is 2.23. The van der Waals surface area contributed by atoms with Crippen LogP contribution < -0.4 is 5.73 Å². The largest absolute Gasteiger partial charge is 0.381 e. The van der Waals surface area contributed by atoms with Crippen LogP contribution in [0.15, 0.2) is 0 Å². The van der Waals surface area contributed by atoms with E-state index in [4.69, 9.17) is 10.5 Å². The topological polar surface area (TPSA) is 38.5 Å². The minimum Gasteiger partial charge on any atom is -0.381 e. The molecule has 1 heterocycles. The second-order valence-electron chi connectivity index (χ2n) is 5.29. The molecule has 0 aromatic carbocycles. The normalized spacial score (nSPS) is 23.4. The fourth-order valence-corrected chi connectivity index (χ4v) is 2.03. The standard InChI is InChI=1S/C11H24N2O/c1-11(2,8-12)9-13(3)6-10-4-5-14-7-10/h10H,4-9,12H2,1-3H3. The van der Waals surface area contributed by atoms with E-state index >= 15 is 0 Å². The minimum atomic E-state index is 0.230. The average Bonchev–Trinajstić information content (AvgIpc) is 2.55. The average molecular weight is 200 g/mol. The Labute approximate surface area is 87.6 Å². The van der Waals surface area contributed by atoms with Gasteiger partial charge in [-0.2, -0.15) is 0 Å². The number of hydrogen-bond acceptors (Lipinski definition) is 3. The first-order chi connectivity index (χ1) is 6.53. The van der Waals surface area contributed by atoms with Crippen molar-refractivity contribution in [3.05, 3.63) is 0 Å². The lowest BCUT2D eigenvalue weighted by Crippen LogP contribution is -2.38. The van der Waals surface area contributed by atoms with E-state index in [1.165, 1.54) is 6.42 Å². The van der Waals surface area contributed by atoms with Gasteiger partial charge in [-0.05, 0) is 31.3 Å². The van der Waals surface area contributed by atoms with E-state index in [1.54, 1.807) is 0 Å². The summed E-state index contributed by atoms with van der Waals surface area (Å²) in [4.78, 5) is 2.38. The van der Waals surface area contributed by atoms with Gasteiger partial charge in [0.2, 0.25) is 0 Å². The minimum absolute atomic E-state index is 0.230. The molecule has 1 unspecified atom stereocenters. The van der Waals surface area contributed by atoms with Crippen molar-refractivity contribution in [1.82, 2.24) is 4.90 Å². The Bertz CT molecular complexity index is 165. The fraction of sp³-hybridized carbons (Fsp3) is 1.00. The second kappa shape index (κ2) is 5.10. The summed E-state index contributed by atoms with van der Waals surface area (Å²) in [6.07, 6.45) is 1.22. The summed E-state index contributed by atoms with van der Waals surface area (Å²) in [5, 5.41) is 0. The van der Waals surface area contributed by atoms with Gasteiger partial charge in [-0.3, -0.25) is 0 Å². The quantitative estimate of drug-likeness (QED) is 0.718. The van der Waals surface area contributed by atoms with Gasteiger partial charge in [-0.15, -0.1) is 0 Å². The lowest BCUT2D eigenvalue weighted by atomic mass is 9.93. The van der Waals surface area contributed by atoms with Crippen molar-refractivity contribution in [2.24, 2.45) is 17.1 Å². The molecular weight excluding hydrogens is 176 g/mol. The molecule has 14 heavy (non-hydrogen) atoms. The lowest BCUT2D eigenvalue weighted by Gasteiger charge is -2.30. The van der Waals surface area contributed by atoms with Crippen LogP contribution in [0.25, 0.3) is 0 Å². The molecule has 1 aliphatic rings. The summed E-state index contributed by atoms with van der Waals surface area (Å²) in [7, 11) is 2.18. The summed E-state index contributed by atoms with van der Waals surface area (Å²) in [5.74, 6) is 0.730. The number of hydrogen-bond donors (Lipinski definition) is 1. The molecule has 0 amide bonds. The highest BCUT2D eigenvalue weighted by atomic mass is 16.5. The van der Waals surface area contributed by atoms with Crippen molar-refractivity contribution in [3.8, 4) is 0 Å². The van der Waals surface area contributed by atoms with Crippen molar-refractivity contribution >= 4 is 0 Å². The molecule has 0 aliphatic carbocycles.